The number of piperidine rings is 3. The van der Waals surface area contributed by atoms with Crippen LogP contribution in [0.2, 0.25) is 6.82 Å². The number of aryl methyl sites for hydroxylation is 1. The van der Waals surface area contributed by atoms with Gasteiger partial charge >= 0.3 is 7.41 Å². The lowest BCUT2D eigenvalue weighted by molar-refractivity contribution is -0.851. The van der Waals surface area contributed by atoms with E-state index in [1.54, 1.807) is 11.3 Å². The Morgan fingerprint density at radius 2 is 2.23 bits per heavy atom. The molecule has 1 atom stereocenters. The molecule has 26 heavy (non-hydrogen) atoms. The van der Waals surface area contributed by atoms with E-state index in [-0.39, 0.29) is 0 Å². The number of quaternary nitrogens is 1. The van der Waals surface area contributed by atoms with Gasteiger partial charge < -0.3 is 20.1 Å². The van der Waals surface area contributed by atoms with Crippen LogP contribution in [-0.2, 0) is 0 Å². The van der Waals surface area contributed by atoms with Gasteiger partial charge in [-0.1, -0.05) is 23.5 Å². The number of hydrogen-bond donors (Lipinski definition) is 3. The average molecular weight is 388 g/mol. The van der Waals surface area contributed by atoms with Crippen molar-refractivity contribution < 1.29 is 9.50 Å². The van der Waals surface area contributed by atoms with E-state index in [2.05, 4.69) is 48.9 Å². The second kappa shape index (κ2) is 6.75. The molecule has 0 saturated carbocycles. The van der Waals surface area contributed by atoms with Gasteiger partial charge in [-0.3, -0.25) is 0 Å². The van der Waals surface area contributed by atoms with Gasteiger partial charge in [0.15, 0.2) is 10.2 Å². The molecule has 5 nitrogen and oxygen atoms in total. The lowest BCUT2D eigenvalue weighted by Crippen LogP contribution is -2.72. The number of aromatic nitrogens is 1. The SMILES string of the molecule is C[B][N+]12CCC(CC1)C(O)(CNC(=S)Nc1nc3c(C)cccc3s1)C2. The third kappa shape index (κ3) is 3.24. The molecule has 137 valence electrons. The molecule has 3 aliphatic rings. The minimum atomic E-state index is -0.696. The van der Waals surface area contributed by atoms with Gasteiger partial charge in [0.25, 0.3) is 0 Å². The van der Waals surface area contributed by atoms with Gasteiger partial charge in [0.1, 0.15) is 5.60 Å². The molecule has 0 aliphatic carbocycles. The number of thiocarbonyl (C=S) groups is 1. The molecule has 3 fully saturated rings. The average Bonchev–Trinajstić information content (AvgIpc) is 3.05. The van der Waals surface area contributed by atoms with Gasteiger partial charge in [0.05, 0.1) is 36.4 Å². The normalized spacial score (nSPS) is 30.3. The number of anilines is 1. The molecule has 4 heterocycles. The summed E-state index contributed by atoms with van der Waals surface area (Å²) < 4.78 is 2.07. The van der Waals surface area contributed by atoms with Crippen LogP contribution >= 0.6 is 23.6 Å². The van der Waals surface area contributed by atoms with Gasteiger partial charge in [-0.2, -0.15) is 0 Å². The molecule has 1 unspecified atom stereocenters. The minimum absolute atomic E-state index is 0.364. The maximum atomic E-state index is 11.2. The Hall–Kier alpha value is -1.22. The van der Waals surface area contributed by atoms with Crippen LogP contribution in [0.25, 0.3) is 10.2 Å². The van der Waals surface area contributed by atoms with Crippen LogP contribution < -0.4 is 10.6 Å². The smallest absolute Gasteiger partial charge is 0.393 e. The van der Waals surface area contributed by atoms with Crippen LogP contribution in [0.3, 0.4) is 0 Å². The number of benzene rings is 1. The number of aliphatic hydroxyl groups is 1. The van der Waals surface area contributed by atoms with Crippen molar-refractivity contribution in [3.8, 4) is 0 Å². The highest BCUT2D eigenvalue weighted by atomic mass is 32.1. The highest BCUT2D eigenvalue weighted by Crippen LogP contribution is 2.39. The number of nitrogens with zero attached hydrogens (tertiary/aromatic N) is 2. The molecule has 0 spiro atoms. The Kier molecular flexibility index (Phi) is 4.71. The van der Waals surface area contributed by atoms with Crippen molar-refractivity contribution in [3.63, 3.8) is 0 Å². The van der Waals surface area contributed by atoms with Gasteiger partial charge in [-0.05, 0) is 37.6 Å². The summed E-state index contributed by atoms with van der Waals surface area (Å²) in [4.78, 5) is 4.64. The van der Waals surface area contributed by atoms with Crippen LogP contribution in [-0.4, -0.2) is 58.8 Å². The quantitative estimate of drug-likeness (QED) is 0.555. The number of nitrogens with one attached hydrogen (secondary N) is 2. The first-order valence-electron chi connectivity index (χ1n) is 9.23. The molecule has 0 amide bonds. The lowest BCUT2D eigenvalue weighted by Gasteiger charge is -2.56. The summed E-state index contributed by atoms with van der Waals surface area (Å²) >= 11 is 7.05. The number of fused-ring (bicyclic) bond motifs is 4. The van der Waals surface area contributed by atoms with E-state index in [4.69, 9.17) is 12.2 Å². The van der Waals surface area contributed by atoms with Gasteiger partial charge in [0.2, 0.25) is 0 Å². The van der Waals surface area contributed by atoms with Crippen molar-refractivity contribution in [1.82, 2.24) is 10.3 Å². The van der Waals surface area contributed by atoms with Crippen molar-refractivity contribution >= 4 is 51.4 Å². The zero-order valence-electron chi connectivity index (χ0n) is 15.3. The fourth-order valence-corrected chi connectivity index (χ4v) is 5.70. The van der Waals surface area contributed by atoms with Crippen LogP contribution in [0, 0.1) is 12.8 Å². The minimum Gasteiger partial charge on any atom is -0.393 e. The van der Waals surface area contributed by atoms with Crippen LogP contribution in [0.4, 0.5) is 5.13 Å². The largest absolute Gasteiger partial charge is 0.443 e. The zero-order chi connectivity index (χ0) is 18.4. The summed E-state index contributed by atoms with van der Waals surface area (Å²) in [7, 11) is 2.25. The molecule has 3 aliphatic heterocycles. The fourth-order valence-electron chi connectivity index (χ4n) is 4.52. The maximum absolute atomic E-state index is 11.2. The summed E-state index contributed by atoms with van der Waals surface area (Å²) in [5, 5.41) is 19.0. The zero-order valence-corrected chi connectivity index (χ0v) is 16.9. The number of rotatable bonds is 4. The Labute approximate surface area is 164 Å². The van der Waals surface area contributed by atoms with E-state index < -0.39 is 5.60 Å². The van der Waals surface area contributed by atoms with Crippen LogP contribution in [0.1, 0.15) is 18.4 Å². The highest BCUT2D eigenvalue weighted by molar-refractivity contribution is 7.80. The fraction of sp³-hybridized carbons (Fsp3) is 0.556. The van der Waals surface area contributed by atoms with E-state index >= 15 is 0 Å². The first-order chi connectivity index (χ1) is 12.4. The molecule has 5 rings (SSSR count). The Balaban J connectivity index is 1.40. The van der Waals surface area contributed by atoms with Crippen molar-refractivity contribution in [2.45, 2.75) is 32.2 Å². The van der Waals surface area contributed by atoms with E-state index in [1.165, 1.54) is 0 Å². The molecule has 1 aromatic heterocycles. The first-order valence-corrected chi connectivity index (χ1v) is 10.5. The molecule has 1 aromatic carbocycles. The summed E-state index contributed by atoms with van der Waals surface area (Å²) in [5.41, 5.74) is 1.49. The van der Waals surface area contributed by atoms with Gasteiger partial charge in [-0.25, -0.2) is 4.98 Å². The van der Waals surface area contributed by atoms with Gasteiger partial charge in [-0.15, -0.1) is 0 Å². The summed E-state index contributed by atoms with van der Waals surface area (Å²) in [6.07, 6.45) is 2.17. The van der Waals surface area contributed by atoms with Crippen molar-refractivity contribution in [2.75, 3.05) is 31.5 Å². The summed E-state index contributed by atoms with van der Waals surface area (Å²) in [6.45, 7) is 7.75. The van der Waals surface area contributed by atoms with Crippen molar-refractivity contribution in [2.24, 2.45) is 5.92 Å². The Bertz CT molecular complexity index is 834. The predicted octanol–water partition coefficient (Wildman–Crippen LogP) is 2.53. The van der Waals surface area contributed by atoms with E-state index in [1.807, 2.05) is 6.07 Å². The number of hydrogen-bond acceptors (Lipinski definition) is 4. The molecular weight excluding hydrogens is 363 g/mol. The molecule has 2 bridgehead atoms. The monoisotopic (exact) mass is 388 g/mol. The highest BCUT2D eigenvalue weighted by Gasteiger charge is 2.53. The number of para-hydroxylation sites is 1. The maximum Gasteiger partial charge on any atom is 0.443 e. The standard InChI is InChI=1S/C18H25BN4OS2/c1-12-4-3-5-14-15(12)21-17(26-14)22-16(25)20-10-18(24)11-23(19-2)8-6-13(18)7-9-23/h3-5,13,24H,6-11H2,1-2H3,(H2,20,21,22,25)/q+1. The second-order valence-electron chi connectivity index (χ2n) is 7.71. The molecule has 8 heteroatoms. The Morgan fingerprint density at radius 3 is 2.92 bits per heavy atom. The third-order valence-electron chi connectivity index (χ3n) is 6.14. The molecule has 3 saturated heterocycles. The summed E-state index contributed by atoms with van der Waals surface area (Å²) in [6, 6.07) is 6.18. The van der Waals surface area contributed by atoms with Gasteiger partial charge in [0, 0.05) is 18.8 Å². The third-order valence-corrected chi connectivity index (χ3v) is 7.32. The topological polar surface area (TPSA) is 57.2 Å². The molecule has 1 radical (unpaired) electrons. The first kappa shape index (κ1) is 18.2. The van der Waals surface area contributed by atoms with Crippen LogP contribution in [0.5, 0.6) is 0 Å². The lowest BCUT2D eigenvalue weighted by atomic mass is 9.68. The number of thiazole rings is 1. The predicted molar refractivity (Wildman–Crippen MR) is 113 cm³/mol. The van der Waals surface area contributed by atoms with E-state index in [9.17, 15) is 5.11 Å². The second-order valence-corrected chi connectivity index (χ2v) is 9.15. The summed E-state index contributed by atoms with van der Waals surface area (Å²) in [5.74, 6) is 0.364. The molecule has 3 N–H and O–H groups in total. The van der Waals surface area contributed by atoms with Crippen LogP contribution in [0.15, 0.2) is 18.2 Å². The van der Waals surface area contributed by atoms with E-state index in [0.717, 1.165) is 57.8 Å². The van der Waals surface area contributed by atoms with E-state index in [0.29, 0.717) is 17.6 Å². The van der Waals surface area contributed by atoms with Crippen molar-refractivity contribution in [1.29, 1.82) is 0 Å². The Morgan fingerprint density at radius 1 is 1.46 bits per heavy atom. The van der Waals surface area contributed by atoms with Crippen molar-refractivity contribution in [3.05, 3.63) is 23.8 Å². The molecular formula is C18H25BN4OS2+. The molecule has 2 aromatic rings.